The number of hydrogen-bond acceptors (Lipinski definition) is 9. The van der Waals surface area contributed by atoms with E-state index in [0.29, 0.717) is 19.8 Å². The zero-order valence-electron chi connectivity index (χ0n) is 80.7. The minimum absolute atomic E-state index is 0.0704. The molecule has 680 valence electrons. The molecule has 9 nitrogen and oxygen atoms in total. The fourth-order valence-corrected chi connectivity index (χ4v) is 20.0. The number of rotatable bonds is 68. The lowest BCUT2D eigenvalue weighted by molar-refractivity contribution is 0.197. The molecule has 0 aliphatic heterocycles. The maximum Gasteiger partial charge on any atom is 0.530 e. The molecule has 0 aromatic heterocycles. The molecule has 0 heterocycles. The molecule has 0 radical (unpaired) electrons. The molecule has 0 bridgehead atoms. The highest BCUT2D eigenvalue weighted by molar-refractivity contribution is 7.43. The molecule has 0 N–H and O–H groups in total. The Morgan fingerprint density at radius 3 is 0.793 bits per heavy atom. The first-order valence-electron chi connectivity index (χ1n) is 49.5. The second-order valence-electron chi connectivity index (χ2n) is 38.6. The smallest absolute Gasteiger partial charge is 0.426 e. The summed E-state index contributed by atoms with van der Waals surface area (Å²) in [5.41, 5.74) is 13.4. The van der Waals surface area contributed by atoms with Crippen LogP contribution in [0, 0.1) is 20.8 Å². The molecule has 3 atom stereocenters. The van der Waals surface area contributed by atoms with Gasteiger partial charge < -0.3 is 36.2 Å². The van der Waals surface area contributed by atoms with E-state index >= 15 is 0 Å². The Hall–Kier alpha value is -4.71. The Bertz CT molecular complexity index is 3630. The van der Waals surface area contributed by atoms with Crippen molar-refractivity contribution in [2.75, 3.05) is 19.8 Å². The largest absolute Gasteiger partial charge is 0.530 e. The van der Waals surface area contributed by atoms with Crippen molar-refractivity contribution in [1.29, 1.82) is 0 Å². The minimum Gasteiger partial charge on any atom is -0.426 e. The van der Waals surface area contributed by atoms with Crippen molar-refractivity contribution in [3.8, 4) is 34.5 Å². The Morgan fingerprint density at radius 1 is 0.256 bits per heavy atom. The summed E-state index contributed by atoms with van der Waals surface area (Å²) in [6.45, 7) is 45.9. The average molecular weight is 1720 g/mol. The van der Waals surface area contributed by atoms with Gasteiger partial charge in [0, 0.05) is 22.6 Å². The van der Waals surface area contributed by atoms with Crippen molar-refractivity contribution in [2.45, 2.75) is 455 Å². The molecule has 6 aromatic rings. The first-order chi connectivity index (χ1) is 58.4. The van der Waals surface area contributed by atoms with Crippen molar-refractivity contribution in [3.63, 3.8) is 0 Å². The number of benzene rings is 6. The van der Waals surface area contributed by atoms with Gasteiger partial charge in [-0.2, -0.15) is 0 Å². The standard InChI is InChI=1S/C109H175O9P3/c1-20-26-32-38-44-47-53-65-77-110-119(111-78-66-54-48-45-39-33-27-21-2)116-104-82-89(9)95(85-99(104)108(14,15)16)97(96-86-100(109(17,18)19)105(83-90(96)10)117-120(112-79-67-55-49-46-40-34-28-22-3)113-101-74-62-59-71-91(101)68-56-50-41-35-29-23-4)80-87(7)94-84-98(107(11,12)13)106(81-88(94)8)118-121(114-102-75-63-60-72-92(102)69-57-51-42-36-30-24-5)115-103-76-64-61-73-93(103)70-58-52-43-37-31-25-6/h59-64,71-76,81-87,97H,20-58,65-70,77-80H2,1-19H3. The van der Waals surface area contributed by atoms with Crippen molar-refractivity contribution in [1.82, 2.24) is 0 Å². The Morgan fingerprint density at radius 2 is 0.488 bits per heavy atom. The molecule has 121 heavy (non-hydrogen) atoms. The van der Waals surface area contributed by atoms with Gasteiger partial charge >= 0.3 is 25.8 Å². The minimum atomic E-state index is -2.00. The molecular formula is C109H175O9P3. The summed E-state index contributed by atoms with van der Waals surface area (Å²) < 4.78 is 64.2. The van der Waals surface area contributed by atoms with Gasteiger partial charge in [0.2, 0.25) is 0 Å². The van der Waals surface area contributed by atoms with E-state index in [0.717, 1.165) is 140 Å². The third-order valence-corrected chi connectivity index (χ3v) is 27.6. The van der Waals surface area contributed by atoms with Gasteiger partial charge in [-0.25, -0.2) is 0 Å². The highest BCUT2D eigenvalue weighted by atomic mass is 31.2. The summed E-state index contributed by atoms with van der Waals surface area (Å²) in [5.74, 6) is 4.98. The molecule has 0 amide bonds. The lowest BCUT2D eigenvalue weighted by Crippen LogP contribution is -2.19. The van der Waals surface area contributed by atoms with Gasteiger partial charge in [-0.1, -0.05) is 415 Å². The summed E-state index contributed by atoms with van der Waals surface area (Å²) in [4.78, 5) is 0. The molecule has 6 aromatic carbocycles. The number of para-hydroxylation sites is 3. The highest BCUT2D eigenvalue weighted by Gasteiger charge is 2.35. The third-order valence-electron chi connectivity index (χ3n) is 24.3. The summed E-state index contributed by atoms with van der Waals surface area (Å²) >= 11 is 0. The summed E-state index contributed by atoms with van der Waals surface area (Å²) in [7, 11) is -5.53. The molecule has 0 aliphatic carbocycles. The zero-order valence-corrected chi connectivity index (χ0v) is 83.4. The van der Waals surface area contributed by atoms with E-state index in [1.165, 1.54) is 256 Å². The van der Waals surface area contributed by atoms with Crippen LogP contribution in [0.15, 0.2) is 109 Å². The van der Waals surface area contributed by atoms with Crippen molar-refractivity contribution >= 4 is 25.8 Å². The van der Waals surface area contributed by atoms with Crippen LogP contribution in [0.3, 0.4) is 0 Å². The lowest BCUT2D eigenvalue weighted by Gasteiger charge is -2.33. The number of unbranched alkanes of at least 4 members (excludes halogenated alkanes) is 36. The van der Waals surface area contributed by atoms with Gasteiger partial charge in [0.25, 0.3) is 0 Å². The second kappa shape index (κ2) is 60.1. The Labute approximate surface area is 747 Å². The summed E-state index contributed by atoms with van der Waals surface area (Å²) in [6.07, 6.45) is 55.4. The van der Waals surface area contributed by atoms with Crippen molar-refractivity contribution < 1.29 is 40.7 Å². The van der Waals surface area contributed by atoms with Crippen LogP contribution in [0.5, 0.6) is 34.5 Å². The van der Waals surface area contributed by atoms with Crippen LogP contribution in [0.2, 0.25) is 0 Å². The van der Waals surface area contributed by atoms with E-state index in [2.05, 4.69) is 241 Å². The molecule has 3 unspecified atom stereocenters. The fourth-order valence-electron chi connectivity index (χ4n) is 16.8. The van der Waals surface area contributed by atoms with E-state index < -0.39 is 25.8 Å². The van der Waals surface area contributed by atoms with E-state index in [1.807, 2.05) is 0 Å². The molecule has 6 rings (SSSR count). The van der Waals surface area contributed by atoms with Crippen LogP contribution < -0.4 is 27.1 Å². The van der Waals surface area contributed by atoms with Gasteiger partial charge in [-0.05, 0) is 194 Å². The molecule has 0 spiro atoms. The van der Waals surface area contributed by atoms with Crippen LogP contribution in [-0.4, -0.2) is 19.8 Å². The van der Waals surface area contributed by atoms with Gasteiger partial charge in [-0.15, -0.1) is 0 Å². The maximum atomic E-state index is 7.45. The predicted octanol–water partition coefficient (Wildman–Crippen LogP) is 37.1. The predicted molar refractivity (Wildman–Crippen MR) is 525 cm³/mol. The quantitative estimate of drug-likeness (QED) is 0.0274. The van der Waals surface area contributed by atoms with Gasteiger partial charge in [0.1, 0.15) is 34.5 Å². The summed E-state index contributed by atoms with van der Waals surface area (Å²) in [5, 5.41) is 0. The molecular weight excluding hydrogens is 1550 g/mol. The van der Waals surface area contributed by atoms with Crippen LogP contribution in [0.1, 0.15) is 465 Å². The SMILES string of the molecule is CCCCCCCCCCOP(OCCCCCCCCCC)Oc1cc(C)c(C(CC(C)c2cc(C(C)(C)C)c(OP(Oc3ccccc3CCCCCCCC)Oc3ccccc3CCCCCCCC)cc2C)c2cc(C(C)(C)C)c(OP(OCCCCCCCCCC)Oc3ccccc3CCCCCCCC)cc2C)cc1C(C)(C)C. The molecule has 0 saturated heterocycles. The number of aryl methyl sites for hydroxylation is 6. The van der Waals surface area contributed by atoms with E-state index in [9.17, 15) is 0 Å². The van der Waals surface area contributed by atoms with Crippen molar-refractivity contribution in [3.05, 3.63) is 176 Å². The van der Waals surface area contributed by atoms with Gasteiger partial charge in [0.15, 0.2) is 0 Å². The second-order valence-corrected chi connectivity index (χ2v) is 41.8. The first kappa shape index (κ1) is 105. The van der Waals surface area contributed by atoms with Gasteiger partial charge in [0.05, 0.1) is 19.8 Å². The summed E-state index contributed by atoms with van der Waals surface area (Å²) in [6, 6.07) is 40.2. The average Bonchev–Trinajstić information content (AvgIpc) is 0.753. The van der Waals surface area contributed by atoms with E-state index in [1.54, 1.807) is 0 Å². The van der Waals surface area contributed by atoms with Crippen molar-refractivity contribution in [2.24, 2.45) is 0 Å². The van der Waals surface area contributed by atoms with Crippen LogP contribution >= 0.6 is 25.8 Å². The fraction of sp³-hybridized carbons (Fsp3) is 0.670. The Kier molecular flexibility index (Phi) is 52.2. The zero-order chi connectivity index (χ0) is 87.5. The molecule has 0 saturated carbocycles. The third kappa shape index (κ3) is 40.4. The lowest BCUT2D eigenvalue weighted by atomic mass is 9.74. The molecule has 0 aliphatic rings. The maximum absolute atomic E-state index is 7.45. The molecule has 12 heteroatoms. The van der Waals surface area contributed by atoms with Crippen LogP contribution in [0.25, 0.3) is 0 Å². The van der Waals surface area contributed by atoms with Gasteiger partial charge in [-0.3, -0.25) is 4.52 Å². The normalized spacial score (nSPS) is 12.9. The topological polar surface area (TPSA) is 83.1 Å². The number of hydrogen-bond donors (Lipinski definition) is 0. The van der Waals surface area contributed by atoms with E-state index in [4.69, 9.17) is 40.7 Å². The van der Waals surface area contributed by atoms with Crippen LogP contribution in [-0.2, 0) is 49.1 Å². The first-order valence-corrected chi connectivity index (χ1v) is 52.8. The Balaban J connectivity index is 1.50. The van der Waals surface area contributed by atoms with E-state index in [-0.39, 0.29) is 28.1 Å². The monoisotopic (exact) mass is 1720 g/mol. The highest BCUT2D eigenvalue weighted by Crippen LogP contribution is 2.53. The van der Waals surface area contributed by atoms with Crippen LogP contribution in [0.4, 0.5) is 0 Å². The molecule has 0 fully saturated rings.